The van der Waals surface area contributed by atoms with Gasteiger partial charge in [0.2, 0.25) is 0 Å². The van der Waals surface area contributed by atoms with Crippen molar-refractivity contribution in [1.29, 1.82) is 0 Å². The second kappa shape index (κ2) is 7.04. The van der Waals surface area contributed by atoms with Crippen molar-refractivity contribution >= 4 is 29.3 Å². The Bertz CT molecular complexity index is 690. The van der Waals surface area contributed by atoms with E-state index in [1.54, 1.807) is 18.2 Å². The van der Waals surface area contributed by atoms with E-state index in [2.05, 4.69) is 5.32 Å². The van der Waals surface area contributed by atoms with Crippen molar-refractivity contribution in [3.05, 3.63) is 59.7 Å². The average Bonchev–Trinajstić information content (AvgIpc) is 2.47. The van der Waals surface area contributed by atoms with Gasteiger partial charge in [-0.2, -0.15) is 8.78 Å². The Balaban J connectivity index is 2.14. The van der Waals surface area contributed by atoms with E-state index in [9.17, 15) is 18.4 Å². The van der Waals surface area contributed by atoms with E-state index < -0.39 is 17.6 Å². The maximum absolute atomic E-state index is 12.2. The second-order valence-electron chi connectivity index (χ2n) is 4.27. The zero-order valence-electron chi connectivity index (χ0n) is 11.3. The van der Waals surface area contributed by atoms with Gasteiger partial charge in [0.25, 0.3) is 17.6 Å². The van der Waals surface area contributed by atoms with Crippen LogP contribution in [-0.4, -0.2) is 17.6 Å². The fourth-order valence-electron chi connectivity index (χ4n) is 1.79. The van der Waals surface area contributed by atoms with Gasteiger partial charge in [-0.3, -0.25) is 9.59 Å². The molecule has 7 heteroatoms. The third kappa shape index (κ3) is 4.05. The molecule has 114 valence electrons. The van der Waals surface area contributed by atoms with Gasteiger partial charge in [-0.25, -0.2) is 0 Å². The van der Waals surface area contributed by atoms with E-state index in [-0.39, 0.29) is 11.1 Å². The van der Waals surface area contributed by atoms with Gasteiger partial charge in [-0.05, 0) is 36.4 Å². The molecular weight excluding hydrogens is 310 g/mol. The number of hydrogen-bond donors (Lipinski definition) is 2. The smallest absolute Gasteiger partial charge is 0.288 e. The molecule has 0 saturated carbocycles. The summed E-state index contributed by atoms with van der Waals surface area (Å²) in [6.45, 7) is 0. The van der Waals surface area contributed by atoms with Crippen LogP contribution in [0.25, 0.3) is 0 Å². The van der Waals surface area contributed by atoms with Crippen LogP contribution in [0, 0.1) is 0 Å². The van der Waals surface area contributed by atoms with Crippen LogP contribution in [0.4, 0.5) is 14.5 Å². The van der Waals surface area contributed by atoms with Gasteiger partial charge in [0, 0.05) is 10.5 Å². The maximum Gasteiger partial charge on any atom is 0.288 e. The number of hydrogen-bond acceptors (Lipinski definition) is 3. The lowest BCUT2D eigenvalue weighted by molar-refractivity contribution is 0.100. The molecule has 0 spiro atoms. The van der Waals surface area contributed by atoms with Crippen molar-refractivity contribution in [2.75, 3.05) is 5.32 Å². The third-order valence-electron chi connectivity index (χ3n) is 2.78. The largest absolute Gasteiger partial charge is 0.366 e. The highest BCUT2D eigenvalue weighted by Gasteiger charge is 2.12. The normalized spacial score (nSPS) is 10.5. The number of benzene rings is 2. The molecule has 0 unspecified atom stereocenters. The Labute approximate surface area is 129 Å². The Morgan fingerprint density at radius 3 is 2.27 bits per heavy atom. The molecule has 0 saturated heterocycles. The van der Waals surface area contributed by atoms with Crippen molar-refractivity contribution in [2.45, 2.75) is 10.7 Å². The zero-order chi connectivity index (χ0) is 16.1. The van der Waals surface area contributed by atoms with E-state index in [0.29, 0.717) is 22.3 Å². The molecule has 0 heterocycles. The van der Waals surface area contributed by atoms with E-state index in [4.69, 9.17) is 5.73 Å². The number of halogens is 2. The molecule has 0 aliphatic heterocycles. The lowest BCUT2D eigenvalue weighted by Crippen LogP contribution is -2.18. The van der Waals surface area contributed by atoms with Crippen LogP contribution >= 0.6 is 11.8 Å². The summed E-state index contributed by atoms with van der Waals surface area (Å²) in [5, 5.41) is 2.57. The predicted octanol–water partition coefficient (Wildman–Crippen LogP) is 3.35. The molecule has 2 rings (SSSR count). The van der Waals surface area contributed by atoms with E-state index in [1.807, 2.05) is 0 Å². The minimum absolute atomic E-state index is 0.195. The van der Waals surface area contributed by atoms with Crippen LogP contribution in [-0.2, 0) is 0 Å². The van der Waals surface area contributed by atoms with Crippen molar-refractivity contribution in [1.82, 2.24) is 0 Å². The summed E-state index contributed by atoms with van der Waals surface area (Å²) in [4.78, 5) is 23.8. The van der Waals surface area contributed by atoms with Crippen molar-refractivity contribution in [3.8, 4) is 0 Å². The van der Waals surface area contributed by atoms with Crippen LogP contribution in [0.1, 0.15) is 20.7 Å². The fraction of sp³-hybridized carbons (Fsp3) is 0.0667. The number of thioether (sulfide) groups is 1. The molecule has 2 amide bonds. The average molecular weight is 322 g/mol. The number of primary amides is 1. The molecule has 0 radical (unpaired) electrons. The number of carbonyl (C=O) groups excluding carboxylic acids is 2. The molecule has 2 aromatic rings. The number of anilines is 1. The van der Waals surface area contributed by atoms with Crippen molar-refractivity contribution < 1.29 is 18.4 Å². The molecule has 22 heavy (non-hydrogen) atoms. The fourth-order valence-corrected chi connectivity index (χ4v) is 2.29. The number of rotatable bonds is 5. The maximum atomic E-state index is 12.2. The SMILES string of the molecule is NC(=O)c1ccccc1NC(=O)c1ccc(SC(F)F)cc1. The molecule has 0 atom stereocenters. The van der Waals surface area contributed by atoms with Crippen LogP contribution in [0.2, 0.25) is 0 Å². The van der Waals surface area contributed by atoms with E-state index in [0.717, 1.165) is 0 Å². The van der Waals surface area contributed by atoms with Gasteiger partial charge >= 0.3 is 0 Å². The van der Waals surface area contributed by atoms with Crippen molar-refractivity contribution in [2.24, 2.45) is 5.73 Å². The highest BCUT2D eigenvalue weighted by Crippen LogP contribution is 2.25. The number of nitrogens with one attached hydrogen (secondary N) is 1. The Hall–Kier alpha value is -2.41. The van der Waals surface area contributed by atoms with Gasteiger partial charge in [0.15, 0.2) is 0 Å². The summed E-state index contributed by atoms with van der Waals surface area (Å²) in [5.74, 6) is -3.62. The minimum Gasteiger partial charge on any atom is -0.366 e. The minimum atomic E-state index is -2.51. The zero-order valence-corrected chi connectivity index (χ0v) is 12.1. The first-order chi connectivity index (χ1) is 10.5. The summed E-state index contributed by atoms with van der Waals surface area (Å²) in [7, 11) is 0. The summed E-state index contributed by atoms with van der Waals surface area (Å²) < 4.78 is 24.5. The third-order valence-corrected chi connectivity index (χ3v) is 3.50. The molecule has 0 aromatic heterocycles. The number of carbonyl (C=O) groups is 2. The Morgan fingerprint density at radius 1 is 1.05 bits per heavy atom. The van der Waals surface area contributed by atoms with Gasteiger partial charge in [0.1, 0.15) is 0 Å². The molecule has 0 bridgehead atoms. The monoisotopic (exact) mass is 322 g/mol. The Kier molecular flexibility index (Phi) is 5.11. The van der Waals surface area contributed by atoms with Gasteiger partial charge < -0.3 is 11.1 Å². The summed E-state index contributed by atoms with van der Waals surface area (Å²) in [6, 6.07) is 12.1. The first-order valence-electron chi connectivity index (χ1n) is 6.22. The van der Waals surface area contributed by atoms with E-state index >= 15 is 0 Å². The second-order valence-corrected chi connectivity index (χ2v) is 5.33. The molecule has 3 N–H and O–H groups in total. The topological polar surface area (TPSA) is 72.2 Å². The van der Waals surface area contributed by atoms with Crippen molar-refractivity contribution in [3.63, 3.8) is 0 Å². The lowest BCUT2D eigenvalue weighted by Gasteiger charge is -2.09. The number of amides is 2. The summed E-state index contributed by atoms with van der Waals surface area (Å²) >= 11 is 0.403. The molecule has 4 nitrogen and oxygen atoms in total. The molecule has 0 aliphatic carbocycles. The van der Waals surface area contributed by atoms with Crippen LogP contribution in [0.5, 0.6) is 0 Å². The highest BCUT2D eigenvalue weighted by molar-refractivity contribution is 7.99. The van der Waals surface area contributed by atoms with Crippen LogP contribution in [0.15, 0.2) is 53.4 Å². The van der Waals surface area contributed by atoms with Gasteiger partial charge in [0.05, 0.1) is 11.3 Å². The lowest BCUT2D eigenvalue weighted by atomic mass is 10.1. The summed E-state index contributed by atoms with van der Waals surface area (Å²) in [5.41, 5.74) is 6.01. The first-order valence-corrected chi connectivity index (χ1v) is 7.10. The first kappa shape index (κ1) is 16.0. The quantitative estimate of drug-likeness (QED) is 0.829. The highest BCUT2D eigenvalue weighted by atomic mass is 32.2. The predicted molar refractivity (Wildman–Crippen MR) is 81.2 cm³/mol. The Morgan fingerprint density at radius 2 is 1.68 bits per heavy atom. The number of alkyl halides is 2. The number of para-hydroxylation sites is 1. The van der Waals surface area contributed by atoms with Gasteiger partial charge in [-0.1, -0.05) is 23.9 Å². The van der Waals surface area contributed by atoms with Gasteiger partial charge in [-0.15, -0.1) is 0 Å². The molecule has 2 aromatic carbocycles. The van der Waals surface area contributed by atoms with Crippen LogP contribution in [0.3, 0.4) is 0 Å². The molecule has 0 fully saturated rings. The standard InChI is InChI=1S/C15H12F2N2O2S/c16-15(17)22-10-7-5-9(6-8-10)14(21)19-12-4-2-1-3-11(12)13(18)20/h1-8,15H,(H2,18,20)(H,19,21). The van der Waals surface area contributed by atoms with E-state index in [1.165, 1.54) is 30.3 Å². The summed E-state index contributed by atoms with van der Waals surface area (Å²) in [6.07, 6.45) is 0. The molecule has 0 aliphatic rings. The number of nitrogens with two attached hydrogens (primary N) is 1. The van der Waals surface area contributed by atoms with Crippen LogP contribution < -0.4 is 11.1 Å². The molecular formula is C15H12F2N2O2S.